The fourth-order valence-electron chi connectivity index (χ4n) is 6.00. The molecule has 0 saturated carbocycles. The van der Waals surface area contributed by atoms with E-state index in [1.807, 2.05) is 12.2 Å². The summed E-state index contributed by atoms with van der Waals surface area (Å²) >= 11 is 0. The first-order valence-electron chi connectivity index (χ1n) is 22.1. The maximum Gasteiger partial charge on any atom is 0.472 e. The molecular formula is C45H84NO7P. The second-order valence-corrected chi connectivity index (χ2v) is 16.0. The molecule has 0 spiro atoms. The van der Waals surface area contributed by atoms with Crippen LogP contribution in [0.1, 0.15) is 194 Å². The summed E-state index contributed by atoms with van der Waals surface area (Å²) in [5.74, 6) is -0.406. The van der Waals surface area contributed by atoms with Crippen LogP contribution in [0.3, 0.4) is 0 Å². The zero-order valence-corrected chi connectivity index (χ0v) is 35.8. The smallest absolute Gasteiger partial charge is 0.457 e. The molecule has 0 aliphatic carbocycles. The molecule has 0 aromatic heterocycles. The molecule has 0 radical (unpaired) electrons. The van der Waals surface area contributed by atoms with Gasteiger partial charge in [0.1, 0.15) is 6.10 Å². The minimum absolute atomic E-state index is 0.0893. The monoisotopic (exact) mass is 782 g/mol. The number of ether oxygens (including phenoxy) is 2. The standard InChI is InChI=1S/C45H84NO7P/c1-3-5-7-9-11-13-15-17-19-21-23-25-27-29-31-33-35-37-40-50-42-44(43-52-54(48,49)51-41-39-46)53-45(47)38-36-34-32-30-28-26-24-22-20-18-16-14-12-10-8-6-4-2/h14,16,20,22,26,28,32,34,44H,3-13,15,17-19,21,23-25,27,29-31,33,35-43,46H2,1-2H3,(H,48,49)/b16-14-,22-20-,28-26-,34-32-. The Kier molecular flexibility index (Phi) is 41.4. The lowest BCUT2D eigenvalue weighted by Crippen LogP contribution is -2.28. The van der Waals surface area contributed by atoms with Crippen molar-refractivity contribution in [2.75, 3.05) is 33.0 Å². The summed E-state index contributed by atoms with van der Waals surface area (Å²) in [6.07, 6.45) is 50.0. The minimum atomic E-state index is -4.29. The van der Waals surface area contributed by atoms with Crippen molar-refractivity contribution in [3.8, 4) is 0 Å². The molecule has 0 aliphatic heterocycles. The first kappa shape index (κ1) is 52.5. The van der Waals surface area contributed by atoms with Gasteiger partial charge in [-0.15, -0.1) is 0 Å². The summed E-state index contributed by atoms with van der Waals surface area (Å²) < 4.78 is 33.4. The van der Waals surface area contributed by atoms with Gasteiger partial charge in [-0.1, -0.05) is 191 Å². The van der Waals surface area contributed by atoms with Crippen LogP contribution in [0.4, 0.5) is 0 Å². The van der Waals surface area contributed by atoms with E-state index in [2.05, 4.69) is 50.3 Å². The molecule has 0 aliphatic rings. The molecule has 316 valence electrons. The molecule has 0 amide bonds. The number of unbranched alkanes of at least 4 members (excludes halogenated alkanes) is 21. The lowest BCUT2D eigenvalue weighted by molar-refractivity contribution is -0.154. The zero-order valence-electron chi connectivity index (χ0n) is 35.0. The molecule has 0 fully saturated rings. The molecule has 8 nitrogen and oxygen atoms in total. The Morgan fingerprint density at radius 1 is 0.556 bits per heavy atom. The van der Waals surface area contributed by atoms with Crippen LogP contribution in [0.15, 0.2) is 48.6 Å². The molecule has 0 heterocycles. The molecule has 54 heavy (non-hydrogen) atoms. The van der Waals surface area contributed by atoms with Crippen LogP contribution < -0.4 is 5.73 Å². The van der Waals surface area contributed by atoms with Crippen LogP contribution in [-0.2, 0) is 27.9 Å². The van der Waals surface area contributed by atoms with Crippen molar-refractivity contribution in [2.45, 2.75) is 200 Å². The van der Waals surface area contributed by atoms with Gasteiger partial charge >= 0.3 is 13.8 Å². The molecule has 0 rings (SSSR count). The lowest BCUT2D eigenvalue weighted by atomic mass is 10.0. The van der Waals surface area contributed by atoms with Gasteiger partial charge < -0.3 is 20.1 Å². The van der Waals surface area contributed by atoms with E-state index in [0.717, 1.165) is 32.1 Å². The highest BCUT2D eigenvalue weighted by Gasteiger charge is 2.25. The predicted octanol–water partition coefficient (Wildman–Crippen LogP) is 13.2. The van der Waals surface area contributed by atoms with Gasteiger partial charge in [0.05, 0.1) is 19.8 Å². The average Bonchev–Trinajstić information content (AvgIpc) is 3.16. The van der Waals surface area contributed by atoms with Crippen LogP contribution in [-0.4, -0.2) is 49.9 Å². The SMILES string of the molecule is CCCCCC/C=C\C/C=C\C/C=C\C/C=C\CCC(=O)OC(COCCCCCCCCCCCCCCCCCCCC)COP(=O)(O)OCCN. The van der Waals surface area contributed by atoms with Gasteiger partial charge in [0, 0.05) is 19.6 Å². The van der Waals surface area contributed by atoms with Crippen molar-refractivity contribution >= 4 is 13.8 Å². The van der Waals surface area contributed by atoms with Gasteiger partial charge in [0.25, 0.3) is 0 Å². The third kappa shape index (κ3) is 41.6. The van der Waals surface area contributed by atoms with E-state index < -0.39 is 19.9 Å². The molecule has 0 aromatic carbocycles. The Hall–Kier alpha value is -1.54. The molecule has 0 saturated heterocycles. The number of phosphoric ester groups is 1. The van der Waals surface area contributed by atoms with E-state index in [1.165, 1.54) is 135 Å². The summed E-state index contributed by atoms with van der Waals surface area (Å²) in [5.41, 5.74) is 5.36. The number of hydrogen-bond acceptors (Lipinski definition) is 7. The van der Waals surface area contributed by atoms with E-state index in [9.17, 15) is 14.3 Å². The summed E-state index contributed by atoms with van der Waals surface area (Å²) in [7, 11) is -4.29. The first-order chi connectivity index (χ1) is 26.4. The quantitative estimate of drug-likeness (QED) is 0.0272. The first-order valence-corrected chi connectivity index (χ1v) is 23.6. The number of carbonyl (C=O) groups excluding carboxylic acids is 1. The number of phosphoric acid groups is 1. The number of carbonyl (C=O) groups is 1. The number of allylic oxidation sites excluding steroid dienone is 8. The van der Waals surface area contributed by atoms with Gasteiger partial charge in [-0.3, -0.25) is 13.8 Å². The molecule has 9 heteroatoms. The number of nitrogens with two attached hydrogens (primary N) is 1. The molecule has 3 N–H and O–H groups in total. The summed E-state index contributed by atoms with van der Waals surface area (Å²) in [6.45, 7) is 4.83. The summed E-state index contributed by atoms with van der Waals surface area (Å²) in [4.78, 5) is 22.4. The van der Waals surface area contributed by atoms with Gasteiger partial charge in [-0.05, 0) is 44.9 Å². The van der Waals surface area contributed by atoms with Crippen LogP contribution in [0.25, 0.3) is 0 Å². The Bertz CT molecular complexity index is 968. The zero-order chi connectivity index (χ0) is 39.5. The fourth-order valence-corrected chi connectivity index (χ4v) is 6.77. The van der Waals surface area contributed by atoms with E-state index in [0.29, 0.717) is 13.0 Å². The van der Waals surface area contributed by atoms with Crippen molar-refractivity contribution < 1.29 is 32.8 Å². The number of rotatable bonds is 42. The maximum atomic E-state index is 12.5. The van der Waals surface area contributed by atoms with Gasteiger partial charge in [0.2, 0.25) is 0 Å². The van der Waals surface area contributed by atoms with Crippen LogP contribution in [0.5, 0.6) is 0 Å². The third-order valence-corrected chi connectivity index (χ3v) is 10.2. The summed E-state index contributed by atoms with van der Waals surface area (Å²) in [5, 5.41) is 0. The van der Waals surface area contributed by atoms with E-state index >= 15 is 0 Å². The minimum Gasteiger partial charge on any atom is -0.457 e. The third-order valence-electron chi connectivity index (χ3n) is 9.26. The highest BCUT2D eigenvalue weighted by Crippen LogP contribution is 2.43. The van der Waals surface area contributed by atoms with Crippen molar-refractivity contribution in [3.05, 3.63) is 48.6 Å². The van der Waals surface area contributed by atoms with E-state index in [1.54, 1.807) is 0 Å². The summed E-state index contributed by atoms with van der Waals surface area (Å²) in [6, 6.07) is 0. The molecular weight excluding hydrogens is 697 g/mol. The Balaban J connectivity index is 4.11. The van der Waals surface area contributed by atoms with Crippen LogP contribution in [0.2, 0.25) is 0 Å². The second kappa shape index (κ2) is 42.6. The molecule has 2 atom stereocenters. The average molecular weight is 782 g/mol. The maximum absolute atomic E-state index is 12.5. The predicted molar refractivity (Wildman–Crippen MR) is 229 cm³/mol. The molecule has 2 unspecified atom stereocenters. The topological polar surface area (TPSA) is 117 Å². The van der Waals surface area contributed by atoms with Crippen molar-refractivity contribution in [1.82, 2.24) is 0 Å². The van der Waals surface area contributed by atoms with Gasteiger partial charge in [-0.2, -0.15) is 0 Å². The number of hydrogen-bond donors (Lipinski definition) is 2. The second-order valence-electron chi connectivity index (χ2n) is 14.6. The van der Waals surface area contributed by atoms with Gasteiger partial charge in [0.15, 0.2) is 0 Å². The highest BCUT2D eigenvalue weighted by molar-refractivity contribution is 7.47. The van der Waals surface area contributed by atoms with Crippen LogP contribution in [0, 0.1) is 0 Å². The lowest BCUT2D eigenvalue weighted by Gasteiger charge is -2.20. The van der Waals surface area contributed by atoms with E-state index in [-0.39, 0.29) is 32.8 Å². The van der Waals surface area contributed by atoms with Crippen molar-refractivity contribution in [1.29, 1.82) is 0 Å². The fraction of sp³-hybridized carbons (Fsp3) is 0.800. The normalized spacial score (nSPS) is 13.9. The van der Waals surface area contributed by atoms with E-state index in [4.69, 9.17) is 24.3 Å². The Morgan fingerprint density at radius 2 is 0.981 bits per heavy atom. The largest absolute Gasteiger partial charge is 0.472 e. The Morgan fingerprint density at radius 3 is 1.46 bits per heavy atom. The van der Waals surface area contributed by atoms with Crippen molar-refractivity contribution in [3.63, 3.8) is 0 Å². The molecule has 0 aromatic rings. The van der Waals surface area contributed by atoms with Crippen molar-refractivity contribution in [2.24, 2.45) is 5.73 Å². The Labute approximate surface area is 332 Å². The molecule has 0 bridgehead atoms. The highest BCUT2D eigenvalue weighted by atomic mass is 31.2. The van der Waals surface area contributed by atoms with Crippen LogP contribution >= 0.6 is 7.82 Å². The number of esters is 1. The van der Waals surface area contributed by atoms with Gasteiger partial charge in [-0.25, -0.2) is 4.57 Å².